The van der Waals surface area contributed by atoms with Crippen LogP contribution in [0.1, 0.15) is 51.6 Å². The fourth-order valence-electron chi connectivity index (χ4n) is 2.41. The van der Waals surface area contributed by atoms with E-state index in [0.717, 1.165) is 16.6 Å². The molecule has 0 radical (unpaired) electrons. The largest absolute Gasteiger partial charge is 0.354 e. The van der Waals surface area contributed by atoms with Gasteiger partial charge in [-0.15, -0.1) is 35.3 Å². The van der Waals surface area contributed by atoms with E-state index >= 15 is 0 Å². The Kier molecular flexibility index (Phi) is 9.54. The molecule has 0 aromatic carbocycles. The lowest BCUT2D eigenvalue weighted by Gasteiger charge is -2.17. The summed E-state index contributed by atoms with van der Waals surface area (Å²) in [7, 11) is 1.81. The van der Waals surface area contributed by atoms with Gasteiger partial charge in [-0.25, -0.2) is 4.98 Å². The molecule has 130 valence electrons. The summed E-state index contributed by atoms with van der Waals surface area (Å²) < 4.78 is 2.05. The summed E-state index contributed by atoms with van der Waals surface area (Å²) in [4.78, 5) is 9.89. The summed E-state index contributed by atoms with van der Waals surface area (Å²) in [5.74, 6) is 0.847. The molecule has 0 bridgehead atoms. The maximum atomic E-state index is 4.56. The van der Waals surface area contributed by atoms with Crippen LogP contribution in [0.3, 0.4) is 0 Å². The van der Waals surface area contributed by atoms with Crippen LogP contribution >= 0.6 is 35.3 Å². The summed E-state index contributed by atoms with van der Waals surface area (Å²) >= 11 is 1.65. The van der Waals surface area contributed by atoms with Crippen LogP contribution in [0.2, 0.25) is 0 Å². The van der Waals surface area contributed by atoms with Crippen LogP contribution < -0.4 is 10.6 Å². The molecule has 0 saturated carbocycles. The molecular weight excluding hydrogens is 421 g/mol. The Labute approximate surface area is 160 Å². The number of halogens is 1. The van der Waals surface area contributed by atoms with Crippen molar-refractivity contribution in [2.75, 3.05) is 7.05 Å². The van der Waals surface area contributed by atoms with Gasteiger partial charge in [0.15, 0.2) is 10.9 Å². The highest BCUT2D eigenvalue weighted by atomic mass is 127. The molecule has 2 heterocycles. The van der Waals surface area contributed by atoms with E-state index in [-0.39, 0.29) is 24.0 Å². The number of hydrogen-bond donors (Lipinski definition) is 2. The predicted molar refractivity (Wildman–Crippen MR) is 110 cm³/mol. The molecule has 0 aliphatic carbocycles. The zero-order valence-electron chi connectivity index (χ0n) is 14.2. The lowest BCUT2D eigenvalue weighted by atomic mass is 10.1. The maximum Gasteiger partial charge on any atom is 0.193 e. The van der Waals surface area contributed by atoms with E-state index in [2.05, 4.69) is 40.7 Å². The van der Waals surface area contributed by atoms with Crippen LogP contribution in [-0.2, 0) is 6.54 Å². The van der Waals surface area contributed by atoms with Gasteiger partial charge in [0, 0.05) is 30.9 Å². The SMILES string of the molecule is CCCCCCC(C)NC(=NC)NCc1cn2ccsc2n1.I. The van der Waals surface area contributed by atoms with Crippen LogP contribution in [0.5, 0.6) is 0 Å². The van der Waals surface area contributed by atoms with E-state index in [9.17, 15) is 0 Å². The van der Waals surface area contributed by atoms with Crippen LogP contribution in [0.15, 0.2) is 22.8 Å². The van der Waals surface area contributed by atoms with Crippen molar-refractivity contribution in [3.8, 4) is 0 Å². The van der Waals surface area contributed by atoms with Crippen LogP contribution in [-0.4, -0.2) is 28.4 Å². The van der Waals surface area contributed by atoms with E-state index in [1.165, 1.54) is 32.1 Å². The Morgan fingerprint density at radius 3 is 2.91 bits per heavy atom. The summed E-state index contributed by atoms with van der Waals surface area (Å²) in [5, 5.41) is 8.83. The first kappa shape index (κ1) is 20.2. The van der Waals surface area contributed by atoms with Crippen molar-refractivity contribution in [3.63, 3.8) is 0 Å². The molecule has 23 heavy (non-hydrogen) atoms. The number of nitrogens with zero attached hydrogens (tertiary/aromatic N) is 3. The standard InChI is InChI=1S/C16H27N5S.HI/c1-4-5-6-7-8-13(2)19-15(17-3)18-11-14-12-21-9-10-22-16(21)20-14;/h9-10,12-13H,4-8,11H2,1-3H3,(H2,17,18,19);1H. The van der Waals surface area contributed by atoms with Gasteiger partial charge in [0.05, 0.1) is 12.2 Å². The average Bonchev–Trinajstić information content (AvgIpc) is 3.09. The van der Waals surface area contributed by atoms with Gasteiger partial charge < -0.3 is 10.6 Å². The molecular formula is C16H28IN5S. The molecule has 2 aromatic rings. The van der Waals surface area contributed by atoms with Crippen LogP contribution in [0.25, 0.3) is 4.96 Å². The highest BCUT2D eigenvalue weighted by Gasteiger charge is 2.07. The van der Waals surface area contributed by atoms with Crippen molar-refractivity contribution >= 4 is 46.2 Å². The molecule has 2 aromatic heterocycles. The van der Waals surface area contributed by atoms with Gasteiger partial charge in [-0.05, 0) is 13.3 Å². The molecule has 0 saturated heterocycles. The van der Waals surface area contributed by atoms with E-state index < -0.39 is 0 Å². The number of rotatable bonds is 8. The normalized spacial score (nSPS) is 12.9. The molecule has 5 nitrogen and oxygen atoms in total. The van der Waals surface area contributed by atoms with E-state index in [0.29, 0.717) is 12.6 Å². The highest BCUT2D eigenvalue weighted by Crippen LogP contribution is 2.11. The van der Waals surface area contributed by atoms with Crippen molar-refractivity contribution in [1.82, 2.24) is 20.0 Å². The number of hydrogen-bond acceptors (Lipinski definition) is 3. The third-order valence-electron chi connectivity index (χ3n) is 3.68. The molecule has 2 N–H and O–H groups in total. The number of unbranched alkanes of at least 4 members (excludes halogenated alkanes) is 3. The second-order valence-corrected chi connectivity index (χ2v) is 6.52. The number of nitrogens with one attached hydrogen (secondary N) is 2. The summed E-state index contributed by atoms with van der Waals surface area (Å²) in [6.07, 6.45) is 10.5. The van der Waals surface area contributed by atoms with Gasteiger partial charge in [-0.2, -0.15) is 0 Å². The number of fused-ring (bicyclic) bond motifs is 1. The van der Waals surface area contributed by atoms with Crippen molar-refractivity contribution in [3.05, 3.63) is 23.5 Å². The topological polar surface area (TPSA) is 53.7 Å². The van der Waals surface area contributed by atoms with Gasteiger partial charge in [-0.3, -0.25) is 9.39 Å². The Morgan fingerprint density at radius 1 is 1.39 bits per heavy atom. The fraction of sp³-hybridized carbons (Fsp3) is 0.625. The van der Waals surface area contributed by atoms with Crippen LogP contribution in [0.4, 0.5) is 0 Å². The zero-order chi connectivity index (χ0) is 15.8. The lowest BCUT2D eigenvalue weighted by molar-refractivity contribution is 0.537. The molecule has 0 aliphatic rings. The second-order valence-electron chi connectivity index (χ2n) is 5.65. The third kappa shape index (κ3) is 6.66. The predicted octanol–water partition coefficient (Wildman–Crippen LogP) is 4.04. The molecule has 1 unspecified atom stereocenters. The smallest absolute Gasteiger partial charge is 0.193 e. The summed E-state index contributed by atoms with van der Waals surface area (Å²) in [5.41, 5.74) is 1.03. The molecule has 0 amide bonds. The Hall–Kier alpha value is -0.830. The highest BCUT2D eigenvalue weighted by molar-refractivity contribution is 14.0. The average molecular weight is 449 g/mol. The maximum absolute atomic E-state index is 4.56. The summed E-state index contributed by atoms with van der Waals surface area (Å²) in [6, 6.07) is 0.438. The fourth-order valence-corrected chi connectivity index (χ4v) is 3.13. The first-order valence-electron chi connectivity index (χ1n) is 8.11. The van der Waals surface area contributed by atoms with Gasteiger partial charge in [0.25, 0.3) is 0 Å². The minimum Gasteiger partial charge on any atom is -0.354 e. The number of aromatic nitrogens is 2. The Bertz CT molecular complexity index is 564. The number of imidazole rings is 1. The Morgan fingerprint density at radius 2 is 2.22 bits per heavy atom. The lowest BCUT2D eigenvalue weighted by Crippen LogP contribution is -2.41. The minimum absolute atomic E-state index is 0. The number of thiazole rings is 1. The van der Waals surface area contributed by atoms with Gasteiger partial charge in [0.1, 0.15) is 0 Å². The first-order chi connectivity index (χ1) is 10.7. The molecule has 0 fully saturated rings. The van der Waals surface area contributed by atoms with Crippen molar-refractivity contribution < 1.29 is 0 Å². The Balaban J connectivity index is 0.00000264. The van der Waals surface area contributed by atoms with E-state index in [4.69, 9.17) is 0 Å². The zero-order valence-corrected chi connectivity index (χ0v) is 17.4. The molecule has 7 heteroatoms. The number of guanidine groups is 1. The van der Waals surface area contributed by atoms with Crippen molar-refractivity contribution in [1.29, 1.82) is 0 Å². The quantitative estimate of drug-likeness (QED) is 0.277. The second kappa shape index (κ2) is 10.9. The van der Waals surface area contributed by atoms with Gasteiger partial charge in [0.2, 0.25) is 0 Å². The van der Waals surface area contributed by atoms with Crippen LogP contribution in [0, 0.1) is 0 Å². The van der Waals surface area contributed by atoms with Gasteiger partial charge in [-0.1, -0.05) is 32.6 Å². The van der Waals surface area contributed by atoms with E-state index in [1.54, 1.807) is 11.3 Å². The van der Waals surface area contributed by atoms with Gasteiger partial charge >= 0.3 is 0 Å². The minimum atomic E-state index is 0. The monoisotopic (exact) mass is 449 g/mol. The van der Waals surface area contributed by atoms with E-state index in [1.807, 2.05) is 23.0 Å². The molecule has 1 atom stereocenters. The molecule has 0 spiro atoms. The van der Waals surface area contributed by atoms with Crippen molar-refractivity contribution in [2.24, 2.45) is 4.99 Å². The molecule has 2 rings (SSSR count). The first-order valence-corrected chi connectivity index (χ1v) is 8.99. The van der Waals surface area contributed by atoms with Crippen molar-refractivity contribution in [2.45, 2.75) is 58.5 Å². The summed E-state index contributed by atoms with van der Waals surface area (Å²) in [6.45, 7) is 5.15. The molecule has 0 aliphatic heterocycles. The number of aliphatic imine (C=N–C) groups is 1. The third-order valence-corrected chi connectivity index (χ3v) is 4.45.